The third-order valence-electron chi connectivity index (χ3n) is 5.20. The molecule has 3 rings (SSSR count). The van der Waals surface area contributed by atoms with Crippen LogP contribution in [0.4, 0.5) is 4.39 Å². The molecule has 1 aliphatic carbocycles. The second-order valence-corrected chi connectivity index (χ2v) is 6.63. The second kappa shape index (κ2) is 8.28. The van der Waals surface area contributed by atoms with Gasteiger partial charge in [0.25, 0.3) is 0 Å². The lowest BCUT2D eigenvalue weighted by molar-refractivity contribution is 0.103. The van der Waals surface area contributed by atoms with Gasteiger partial charge in [-0.25, -0.2) is 4.39 Å². The molecule has 2 aliphatic rings. The molecule has 0 amide bonds. The smallest absolute Gasteiger partial charge is 0.123 e. The van der Waals surface area contributed by atoms with E-state index in [1.807, 2.05) is 6.07 Å². The molecule has 0 unspecified atom stereocenters. The Labute approximate surface area is 139 Å². The zero-order valence-corrected chi connectivity index (χ0v) is 14.3. The van der Waals surface area contributed by atoms with Gasteiger partial charge in [0.2, 0.25) is 0 Å². The summed E-state index contributed by atoms with van der Waals surface area (Å²) in [4.78, 5) is 2.59. The highest BCUT2D eigenvalue weighted by atomic mass is 35.5. The molecule has 0 bridgehead atoms. The predicted molar refractivity (Wildman–Crippen MR) is 92.1 cm³/mol. The number of hydrogen-bond acceptors (Lipinski definition) is 2. The molecule has 2 fully saturated rings. The molecule has 1 atom stereocenters. The Morgan fingerprint density at radius 3 is 2.50 bits per heavy atom. The minimum atomic E-state index is -0.0912. The Morgan fingerprint density at radius 1 is 1.14 bits per heavy atom. The number of piperazine rings is 1. The molecule has 0 radical (unpaired) electrons. The third kappa shape index (κ3) is 4.01. The number of halogens is 2. The third-order valence-corrected chi connectivity index (χ3v) is 5.20. The van der Waals surface area contributed by atoms with E-state index in [2.05, 4.69) is 17.1 Å². The van der Waals surface area contributed by atoms with Gasteiger partial charge in [0, 0.05) is 32.2 Å². The van der Waals surface area contributed by atoms with E-state index >= 15 is 0 Å². The van der Waals surface area contributed by atoms with Gasteiger partial charge in [-0.2, -0.15) is 0 Å². The molecule has 1 aromatic carbocycles. The van der Waals surface area contributed by atoms with Crippen LogP contribution in [0.25, 0.3) is 0 Å². The van der Waals surface area contributed by atoms with E-state index in [1.54, 1.807) is 12.1 Å². The highest BCUT2D eigenvalue weighted by molar-refractivity contribution is 5.85. The first-order valence-electron chi connectivity index (χ1n) is 8.46. The molecule has 1 aliphatic heterocycles. The van der Waals surface area contributed by atoms with Crippen molar-refractivity contribution in [2.75, 3.05) is 26.2 Å². The van der Waals surface area contributed by atoms with Gasteiger partial charge >= 0.3 is 0 Å². The van der Waals surface area contributed by atoms with Gasteiger partial charge in [0.05, 0.1) is 0 Å². The largest absolute Gasteiger partial charge is 0.314 e. The maximum atomic E-state index is 13.8. The van der Waals surface area contributed by atoms with Crippen LogP contribution in [0.2, 0.25) is 0 Å². The molecule has 22 heavy (non-hydrogen) atoms. The monoisotopic (exact) mass is 326 g/mol. The summed E-state index contributed by atoms with van der Waals surface area (Å²) in [6.45, 7) is 6.40. The molecule has 1 aromatic rings. The Hall–Kier alpha value is -0.640. The van der Waals surface area contributed by atoms with E-state index in [1.165, 1.54) is 43.2 Å². The van der Waals surface area contributed by atoms with Crippen LogP contribution in [-0.4, -0.2) is 31.1 Å². The highest BCUT2D eigenvalue weighted by Gasteiger charge is 2.31. The molecular formula is C18H28ClFN2. The summed E-state index contributed by atoms with van der Waals surface area (Å²) in [5.74, 6) is 0.601. The second-order valence-electron chi connectivity index (χ2n) is 6.63. The lowest BCUT2D eigenvalue weighted by atomic mass is 9.79. The molecule has 1 N–H and O–H groups in total. The number of nitrogens with one attached hydrogen (secondary N) is 1. The van der Waals surface area contributed by atoms with Crippen molar-refractivity contribution < 1.29 is 4.39 Å². The maximum absolute atomic E-state index is 13.8. The van der Waals surface area contributed by atoms with Gasteiger partial charge in [-0.1, -0.05) is 25.3 Å². The van der Waals surface area contributed by atoms with Crippen LogP contribution >= 0.6 is 12.4 Å². The van der Waals surface area contributed by atoms with Crippen molar-refractivity contribution >= 4 is 12.4 Å². The number of aryl methyl sites for hydroxylation is 1. The summed E-state index contributed by atoms with van der Waals surface area (Å²) in [6, 6.07) is 5.73. The zero-order valence-electron chi connectivity index (χ0n) is 13.5. The molecule has 0 spiro atoms. The SMILES string of the molecule is Cc1ccc(F)cc1[C@@H](C1CCCCC1)N1CCNCC1.Cl. The van der Waals surface area contributed by atoms with E-state index in [-0.39, 0.29) is 18.2 Å². The fourth-order valence-electron chi connectivity index (χ4n) is 4.09. The molecule has 124 valence electrons. The van der Waals surface area contributed by atoms with Crippen molar-refractivity contribution in [3.8, 4) is 0 Å². The summed E-state index contributed by atoms with van der Waals surface area (Å²) < 4.78 is 13.8. The maximum Gasteiger partial charge on any atom is 0.123 e. The van der Waals surface area contributed by atoms with E-state index in [4.69, 9.17) is 0 Å². The number of benzene rings is 1. The van der Waals surface area contributed by atoms with Crippen molar-refractivity contribution in [1.29, 1.82) is 0 Å². The average molecular weight is 327 g/mol. The van der Waals surface area contributed by atoms with Gasteiger partial charge < -0.3 is 5.32 Å². The molecule has 0 aromatic heterocycles. The van der Waals surface area contributed by atoms with Crippen LogP contribution in [0.1, 0.15) is 49.3 Å². The summed E-state index contributed by atoms with van der Waals surface area (Å²) in [5.41, 5.74) is 2.47. The minimum absolute atomic E-state index is 0. The molecular weight excluding hydrogens is 299 g/mol. The van der Waals surface area contributed by atoms with Gasteiger partial charge in [0.1, 0.15) is 5.82 Å². The Kier molecular flexibility index (Phi) is 6.66. The fourth-order valence-corrected chi connectivity index (χ4v) is 4.09. The predicted octanol–water partition coefficient (Wildman–Crippen LogP) is 4.08. The first kappa shape index (κ1) is 17.7. The number of rotatable bonds is 3. The lowest BCUT2D eigenvalue weighted by Gasteiger charge is -2.41. The van der Waals surface area contributed by atoms with Crippen LogP contribution in [0.5, 0.6) is 0 Å². The van der Waals surface area contributed by atoms with E-state index in [0.717, 1.165) is 26.2 Å². The van der Waals surface area contributed by atoms with Crippen LogP contribution < -0.4 is 5.32 Å². The quantitative estimate of drug-likeness (QED) is 0.900. The van der Waals surface area contributed by atoms with E-state index in [9.17, 15) is 4.39 Å². The van der Waals surface area contributed by atoms with Crippen LogP contribution in [0.15, 0.2) is 18.2 Å². The van der Waals surface area contributed by atoms with E-state index in [0.29, 0.717) is 12.0 Å². The highest BCUT2D eigenvalue weighted by Crippen LogP contribution is 2.39. The first-order chi connectivity index (χ1) is 10.3. The van der Waals surface area contributed by atoms with Gasteiger partial charge in [-0.3, -0.25) is 4.90 Å². The van der Waals surface area contributed by atoms with Gasteiger partial charge in [-0.15, -0.1) is 12.4 Å². The topological polar surface area (TPSA) is 15.3 Å². The fraction of sp³-hybridized carbons (Fsp3) is 0.667. The molecule has 1 saturated heterocycles. The molecule has 4 heteroatoms. The van der Waals surface area contributed by atoms with Crippen LogP contribution in [0, 0.1) is 18.7 Å². The summed E-state index contributed by atoms with van der Waals surface area (Å²) in [7, 11) is 0. The van der Waals surface area contributed by atoms with Crippen molar-refractivity contribution in [1.82, 2.24) is 10.2 Å². The Bertz CT molecular complexity index is 450. The van der Waals surface area contributed by atoms with Crippen LogP contribution in [-0.2, 0) is 0 Å². The van der Waals surface area contributed by atoms with Crippen LogP contribution in [0.3, 0.4) is 0 Å². The van der Waals surface area contributed by atoms with Gasteiger partial charge in [0.15, 0.2) is 0 Å². The summed E-state index contributed by atoms with van der Waals surface area (Å²) in [5, 5.41) is 3.43. The normalized spacial score (nSPS) is 22.1. The number of hydrogen-bond donors (Lipinski definition) is 1. The first-order valence-corrected chi connectivity index (χ1v) is 8.46. The van der Waals surface area contributed by atoms with Crippen molar-refractivity contribution in [3.63, 3.8) is 0 Å². The lowest BCUT2D eigenvalue weighted by Crippen LogP contribution is -2.47. The summed E-state index contributed by atoms with van der Waals surface area (Å²) in [6.07, 6.45) is 6.63. The van der Waals surface area contributed by atoms with Gasteiger partial charge in [-0.05, 0) is 48.9 Å². The molecule has 2 nitrogen and oxygen atoms in total. The minimum Gasteiger partial charge on any atom is -0.314 e. The Balaban J connectivity index is 0.00000176. The zero-order chi connectivity index (χ0) is 14.7. The van der Waals surface area contributed by atoms with Crippen molar-refractivity contribution in [2.45, 2.75) is 45.1 Å². The standard InChI is InChI=1S/C18H27FN2.ClH/c1-14-7-8-16(19)13-17(14)18(15-5-3-2-4-6-15)21-11-9-20-10-12-21;/h7-8,13,15,18,20H,2-6,9-12H2,1H3;1H/t18-;/m1./s1. The van der Waals surface area contributed by atoms with Crippen molar-refractivity contribution in [2.24, 2.45) is 5.92 Å². The number of nitrogens with zero attached hydrogens (tertiary/aromatic N) is 1. The molecule has 1 saturated carbocycles. The summed E-state index contributed by atoms with van der Waals surface area (Å²) >= 11 is 0. The Morgan fingerprint density at radius 2 is 1.82 bits per heavy atom. The average Bonchev–Trinajstić information content (AvgIpc) is 2.53. The van der Waals surface area contributed by atoms with Crippen molar-refractivity contribution in [3.05, 3.63) is 35.1 Å². The van der Waals surface area contributed by atoms with E-state index < -0.39 is 0 Å². The molecule has 1 heterocycles.